The van der Waals surface area contributed by atoms with Gasteiger partial charge in [0.15, 0.2) is 0 Å². The summed E-state index contributed by atoms with van der Waals surface area (Å²) in [5.41, 5.74) is 1.29. The zero-order valence-corrected chi connectivity index (χ0v) is 20.8. The quantitative estimate of drug-likeness (QED) is 0.402. The molecule has 1 aromatic carbocycles. The number of carbonyl (C=O) groups excluding carboxylic acids is 3. The Kier molecular flexibility index (Phi) is 12.3. The van der Waals surface area contributed by atoms with E-state index < -0.39 is 16.8 Å². The number of nitrogens with zero attached hydrogens (tertiary/aromatic N) is 1. The molecule has 0 spiro atoms. The maximum Gasteiger partial charge on any atom is 0.242 e. The Morgan fingerprint density at radius 2 is 1.79 bits per heavy atom. The number of hydrogen-bond donors (Lipinski definition) is 2. The molecule has 1 aromatic rings. The van der Waals surface area contributed by atoms with E-state index in [1.165, 1.54) is 11.8 Å². The Balaban J connectivity index is 1.80. The number of piperidine rings is 1. The molecule has 1 saturated heterocycles. The Morgan fingerprint density at radius 1 is 1.09 bits per heavy atom. The lowest BCUT2D eigenvalue weighted by Gasteiger charge is -2.33. The zero-order chi connectivity index (χ0) is 24.1. The van der Waals surface area contributed by atoms with Crippen molar-refractivity contribution in [3.63, 3.8) is 0 Å². The number of ketones is 1. The number of nitrogens with one attached hydrogen (secondary N) is 2. The number of rotatable bonds is 14. The third-order valence-electron chi connectivity index (χ3n) is 6.01. The summed E-state index contributed by atoms with van der Waals surface area (Å²) in [5.74, 6) is -0.389. The fourth-order valence-corrected chi connectivity index (χ4v) is 4.54. The van der Waals surface area contributed by atoms with Crippen molar-refractivity contribution in [2.24, 2.45) is 0 Å². The predicted octanol–water partition coefficient (Wildman–Crippen LogP) is 2.56. The molecule has 2 rings (SSSR count). The van der Waals surface area contributed by atoms with Gasteiger partial charge in [-0.05, 0) is 31.2 Å². The molecule has 2 N–H and O–H groups in total. The molecule has 0 aliphatic carbocycles. The molecule has 0 bridgehead atoms. The molecule has 0 aromatic heterocycles. The highest BCUT2D eigenvalue weighted by Crippen LogP contribution is 2.15. The van der Waals surface area contributed by atoms with Crippen molar-refractivity contribution in [3.8, 4) is 0 Å². The van der Waals surface area contributed by atoms with Crippen LogP contribution in [0.2, 0.25) is 0 Å². The SMILES string of the molecule is CCC(=O)CCCCC[C@H](NC(=O)CS(C)=O)C(=O)NC1CCN(Cc2ccccc2)CC1. The van der Waals surface area contributed by atoms with E-state index >= 15 is 0 Å². The molecule has 0 saturated carbocycles. The minimum atomic E-state index is -1.25. The molecule has 1 aliphatic rings. The smallest absolute Gasteiger partial charge is 0.242 e. The monoisotopic (exact) mass is 477 g/mol. The van der Waals surface area contributed by atoms with Crippen molar-refractivity contribution in [3.05, 3.63) is 35.9 Å². The summed E-state index contributed by atoms with van der Waals surface area (Å²) in [7, 11) is -1.25. The molecule has 33 heavy (non-hydrogen) atoms. The molecular formula is C25H39N3O4S. The van der Waals surface area contributed by atoms with E-state index in [1.54, 1.807) is 0 Å². The first-order valence-electron chi connectivity index (χ1n) is 12.0. The van der Waals surface area contributed by atoms with Crippen LogP contribution in [0, 0.1) is 0 Å². The van der Waals surface area contributed by atoms with E-state index in [9.17, 15) is 18.6 Å². The average molecular weight is 478 g/mol. The maximum absolute atomic E-state index is 13.0. The van der Waals surface area contributed by atoms with Crippen LogP contribution < -0.4 is 10.6 Å². The lowest BCUT2D eigenvalue weighted by Crippen LogP contribution is -2.52. The second-order valence-corrected chi connectivity index (χ2v) is 10.3. The number of unbranched alkanes of at least 4 members (excludes halogenated alkanes) is 2. The summed E-state index contributed by atoms with van der Waals surface area (Å²) >= 11 is 0. The third kappa shape index (κ3) is 11.1. The number of likely N-dealkylation sites (tertiary alicyclic amines) is 1. The second-order valence-electron chi connectivity index (χ2n) is 8.87. The zero-order valence-electron chi connectivity index (χ0n) is 20.0. The summed E-state index contributed by atoms with van der Waals surface area (Å²) in [5, 5.41) is 5.89. The number of Topliss-reactive ketones (excluding diaryl/α,β-unsaturated/α-hetero) is 1. The van der Waals surface area contributed by atoms with Gasteiger partial charge in [0, 0.05) is 55.6 Å². The molecule has 2 amide bonds. The van der Waals surface area contributed by atoms with Gasteiger partial charge in [-0.25, -0.2) is 0 Å². The van der Waals surface area contributed by atoms with Gasteiger partial charge < -0.3 is 10.6 Å². The number of amides is 2. The highest BCUT2D eigenvalue weighted by atomic mass is 32.2. The number of carbonyl (C=O) groups is 3. The topological polar surface area (TPSA) is 95.6 Å². The van der Waals surface area contributed by atoms with Crippen molar-refractivity contribution in [2.75, 3.05) is 25.1 Å². The molecule has 0 radical (unpaired) electrons. The lowest BCUT2D eigenvalue weighted by atomic mass is 10.0. The van der Waals surface area contributed by atoms with Gasteiger partial charge in [0.25, 0.3) is 0 Å². The molecular weight excluding hydrogens is 438 g/mol. The van der Waals surface area contributed by atoms with Crippen LogP contribution >= 0.6 is 0 Å². The second kappa shape index (κ2) is 15.0. The molecule has 1 fully saturated rings. The maximum atomic E-state index is 13.0. The van der Waals surface area contributed by atoms with E-state index in [-0.39, 0.29) is 29.4 Å². The highest BCUT2D eigenvalue weighted by Gasteiger charge is 2.26. The van der Waals surface area contributed by atoms with E-state index in [0.29, 0.717) is 19.3 Å². The molecule has 2 atom stereocenters. The van der Waals surface area contributed by atoms with E-state index in [2.05, 4.69) is 27.7 Å². The van der Waals surface area contributed by atoms with Crippen LogP contribution in [-0.4, -0.2) is 63.9 Å². The largest absolute Gasteiger partial charge is 0.351 e. The summed E-state index contributed by atoms with van der Waals surface area (Å²) in [6.07, 6.45) is 7.24. The van der Waals surface area contributed by atoms with Gasteiger partial charge in [-0.3, -0.25) is 23.5 Å². The van der Waals surface area contributed by atoms with Crippen molar-refractivity contribution < 1.29 is 18.6 Å². The fraction of sp³-hybridized carbons (Fsp3) is 0.640. The average Bonchev–Trinajstić information content (AvgIpc) is 2.79. The van der Waals surface area contributed by atoms with Crippen molar-refractivity contribution >= 4 is 28.4 Å². The Morgan fingerprint density at radius 3 is 2.42 bits per heavy atom. The standard InChI is InChI=1S/C25H39N3O4S/c1-3-22(29)12-8-5-9-13-23(27-24(30)19-33(2)32)25(31)26-21-14-16-28(17-15-21)18-20-10-6-4-7-11-20/h4,6-7,10-11,21,23H,3,5,8-9,12-19H2,1-2H3,(H,26,31)(H,27,30)/t23-,33?/m0/s1. The van der Waals surface area contributed by atoms with Crippen molar-refractivity contribution in [2.45, 2.75) is 76.9 Å². The minimum Gasteiger partial charge on any atom is -0.351 e. The normalized spacial score (nSPS) is 16.7. The van der Waals surface area contributed by atoms with Crippen LogP contribution in [0.4, 0.5) is 0 Å². The van der Waals surface area contributed by atoms with Crippen LogP contribution in [-0.2, 0) is 31.7 Å². The van der Waals surface area contributed by atoms with E-state index in [1.807, 2.05) is 25.1 Å². The lowest BCUT2D eigenvalue weighted by molar-refractivity contribution is -0.128. The first kappa shape index (κ1) is 27.2. The van der Waals surface area contributed by atoms with Crippen molar-refractivity contribution in [1.29, 1.82) is 0 Å². The molecule has 7 nitrogen and oxygen atoms in total. The summed E-state index contributed by atoms with van der Waals surface area (Å²) in [4.78, 5) is 39.0. The van der Waals surface area contributed by atoms with Crippen LogP contribution in [0.3, 0.4) is 0 Å². The first-order valence-corrected chi connectivity index (χ1v) is 13.8. The minimum absolute atomic E-state index is 0.0893. The van der Waals surface area contributed by atoms with Crippen LogP contribution in [0.1, 0.15) is 63.9 Å². The third-order valence-corrected chi connectivity index (χ3v) is 6.68. The number of hydrogen-bond acceptors (Lipinski definition) is 5. The first-order chi connectivity index (χ1) is 15.9. The molecule has 8 heteroatoms. The fourth-order valence-electron chi connectivity index (χ4n) is 4.09. The molecule has 1 heterocycles. The van der Waals surface area contributed by atoms with Gasteiger partial charge in [0.1, 0.15) is 17.6 Å². The van der Waals surface area contributed by atoms with Gasteiger partial charge in [0.2, 0.25) is 11.8 Å². The Hall–Kier alpha value is -2.06. The van der Waals surface area contributed by atoms with Gasteiger partial charge in [-0.1, -0.05) is 50.1 Å². The van der Waals surface area contributed by atoms with Gasteiger partial charge in [-0.15, -0.1) is 0 Å². The number of benzene rings is 1. The van der Waals surface area contributed by atoms with Gasteiger partial charge in [-0.2, -0.15) is 0 Å². The summed E-state index contributed by atoms with van der Waals surface area (Å²) in [6.45, 7) is 4.60. The molecule has 1 unspecified atom stereocenters. The Bertz CT molecular complexity index is 779. The van der Waals surface area contributed by atoms with E-state index in [0.717, 1.165) is 51.7 Å². The van der Waals surface area contributed by atoms with Crippen LogP contribution in [0.5, 0.6) is 0 Å². The summed E-state index contributed by atoms with van der Waals surface area (Å²) in [6, 6.07) is 9.82. The summed E-state index contributed by atoms with van der Waals surface area (Å²) < 4.78 is 11.4. The van der Waals surface area contributed by atoms with Gasteiger partial charge in [0.05, 0.1) is 0 Å². The highest BCUT2D eigenvalue weighted by molar-refractivity contribution is 7.85. The predicted molar refractivity (Wildman–Crippen MR) is 132 cm³/mol. The van der Waals surface area contributed by atoms with E-state index in [4.69, 9.17) is 0 Å². The molecule has 184 valence electrons. The van der Waals surface area contributed by atoms with Crippen LogP contribution in [0.25, 0.3) is 0 Å². The van der Waals surface area contributed by atoms with Crippen LogP contribution in [0.15, 0.2) is 30.3 Å². The van der Waals surface area contributed by atoms with Crippen molar-refractivity contribution in [1.82, 2.24) is 15.5 Å². The Labute approximate surface area is 200 Å². The molecule has 1 aliphatic heterocycles. The van der Waals surface area contributed by atoms with Gasteiger partial charge >= 0.3 is 0 Å².